The number of ketones is 1. The van der Waals surface area contributed by atoms with E-state index < -0.39 is 6.04 Å². The van der Waals surface area contributed by atoms with Crippen LogP contribution in [0.3, 0.4) is 0 Å². The molecule has 0 saturated heterocycles. The molecule has 0 aliphatic heterocycles. The van der Waals surface area contributed by atoms with Gasteiger partial charge in [-0.15, -0.1) is 0 Å². The van der Waals surface area contributed by atoms with E-state index in [0.29, 0.717) is 18.7 Å². The van der Waals surface area contributed by atoms with Crippen molar-refractivity contribution in [2.45, 2.75) is 26.3 Å². The number of amides is 2. The number of carbonyl (C=O) groups excluding carboxylic acids is 3. The third-order valence-corrected chi connectivity index (χ3v) is 2.79. The summed E-state index contributed by atoms with van der Waals surface area (Å²) >= 11 is 0. The van der Waals surface area contributed by atoms with E-state index in [0.717, 1.165) is 0 Å². The molecule has 0 aliphatic carbocycles. The van der Waals surface area contributed by atoms with E-state index in [2.05, 4.69) is 11.9 Å². The molecule has 20 heavy (non-hydrogen) atoms. The summed E-state index contributed by atoms with van der Waals surface area (Å²) < 4.78 is 0. The largest absolute Gasteiger partial charge is 0.353 e. The third kappa shape index (κ3) is 6.47. The topological polar surface area (TPSA) is 69.7 Å². The molecule has 0 fully saturated rings. The van der Waals surface area contributed by atoms with Crippen molar-refractivity contribution < 1.29 is 14.4 Å². The van der Waals surface area contributed by atoms with Crippen LogP contribution >= 0.6 is 0 Å². The number of rotatable bonds is 8. The van der Waals surface area contributed by atoms with Crippen LogP contribution in [0.2, 0.25) is 0 Å². The van der Waals surface area contributed by atoms with Crippen molar-refractivity contribution in [3.05, 3.63) is 12.2 Å². The fourth-order valence-electron chi connectivity index (χ4n) is 1.64. The van der Waals surface area contributed by atoms with Crippen LogP contribution in [0.25, 0.3) is 0 Å². The van der Waals surface area contributed by atoms with E-state index in [1.54, 1.807) is 6.92 Å². The van der Waals surface area contributed by atoms with Gasteiger partial charge in [-0.1, -0.05) is 6.58 Å². The van der Waals surface area contributed by atoms with Gasteiger partial charge in [0.15, 0.2) is 0 Å². The fraction of sp³-hybridized carbons (Fsp3) is 0.643. The van der Waals surface area contributed by atoms with Gasteiger partial charge >= 0.3 is 0 Å². The highest BCUT2D eigenvalue weighted by molar-refractivity contribution is 5.97. The van der Waals surface area contributed by atoms with Crippen LogP contribution in [0.15, 0.2) is 12.2 Å². The Morgan fingerprint density at radius 2 is 1.70 bits per heavy atom. The number of hydrogen-bond acceptors (Lipinski definition) is 4. The summed E-state index contributed by atoms with van der Waals surface area (Å²) in [5, 5.41) is 2.74. The summed E-state index contributed by atoms with van der Waals surface area (Å²) in [5.74, 6) is -0.794. The van der Waals surface area contributed by atoms with E-state index in [1.807, 2.05) is 19.0 Å². The maximum Gasteiger partial charge on any atom is 0.249 e. The zero-order chi connectivity index (χ0) is 15.9. The van der Waals surface area contributed by atoms with E-state index in [4.69, 9.17) is 0 Å². The lowest BCUT2D eigenvalue weighted by molar-refractivity contribution is -0.138. The van der Waals surface area contributed by atoms with Gasteiger partial charge in [-0.05, 0) is 27.9 Å². The number of likely N-dealkylation sites (N-methyl/N-ethyl adjacent to an activating group) is 2. The smallest absolute Gasteiger partial charge is 0.249 e. The molecular weight excluding hydrogens is 258 g/mol. The van der Waals surface area contributed by atoms with Gasteiger partial charge in [0.2, 0.25) is 11.8 Å². The highest BCUT2D eigenvalue weighted by Gasteiger charge is 2.28. The highest BCUT2D eigenvalue weighted by atomic mass is 16.2. The average Bonchev–Trinajstić information content (AvgIpc) is 2.33. The van der Waals surface area contributed by atoms with Crippen molar-refractivity contribution >= 4 is 17.6 Å². The predicted molar refractivity (Wildman–Crippen MR) is 78.2 cm³/mol. The minimum Gasteiger partial charge on any atom is -0.353 e. The van der Waals surface area contributed by atoms with Crippen LogP contribution in [0.5, 0.6) is 0 Å². The standard InChI is InChI=1S/C14H25N3O3/c1-10(2)14(20)17(6)12(9-11(3)18)13(19)15-7-8-16(4)5/h12H,1,7-9H2,2-6H3,(H,15,19). The SMILES string of the molecule is C=C(C)C(=O)N(C)C(CC(C)=O)C(=O)NCCN(C)C. The number of Topliss-reactive ketones (excluding diaryl/α,β-unsaturated/α-hetero) is 1. The van der Waals surface area contributed by atoms with Crippen LogP contribution < -0.4 is 5.32 Å². The molecule has 0 aromatic carbocycles. The van der Waals surface area contributed by atoms with Crippen LogP contribution in [0, 0.1) is 0 Å². The highest BCUT2D eigenvalue weighted by Crippen LogP contribution is 2.07. The van der Waals surface area contributed by atoms with Crippen molar-refractivity contribution in [3.8, 4) is 0 Å². The molecule has 0 bridgehead atoms. The third-order valence-electron chi connectivity index (χ3n) is 2.79. The number of nitrogens with one attached hydrogen (secondary N) is 1. The molecule has 0 spiro atoms. The Balaban J connectivity index is 4.78. The lowest BCUT2D eigenvalue weighted by Gasteiger charge is -2.27. The van der Waals surface area contributed by atoms with Gasteiger partial charge < -0.3 is 15.1 Å². The van der Waals surface area contributed by atoms with E-state index in [1.165, 1.54) is 18.9 Å². The molecule has 0 aliphatic rings. The quantitative estimate of drug-likeness (QED) is 0.639. The molecular formula is C14H25N3O3. The molecule has 6 nitrogen and oxygen atoms in total. The number of hydrogen-bond donors (Lipinski definition) is 1. The molecule has 2 amide bonds. The Bertz CT molecular complexity index is 391. The average molecular weight is 283 g/mol. The zero-order valence-electron chi connectivity index (χ0n) is 13.0. The molecule has 0 heterocycles. The van der Waals surface area contributed by atoms with Gasteiger partial charge in [0.1, 0.15) is 11.8 Å². The Kier molecular flexibility index (Phi) is 7.76. The summed E-state index contributed by atoms with van der Waals surface area (Å²) in [6, 6.07) is -0.793. The van der Waals surface area contributed by atoms with Gasteiger partial charge in [0, 0.05) is 32.1 Å². The number of nitrogens with zero attached hydrogens (tertiary/aromatic N) is 2. The van der Waals surface area contributed by atoms with Crippen molar-refractivity contribution in [1.82, 2.24) is 15.1 Å². The predicted octanol–water partition coefficient (Wildman–Crippen LogP) is 0.0464. The Morgan fingerprint density at radius 3 is 2.10 bits per heavy atom. The summed E-state index contributed by atoms with van der Waals surface area (Å²) in [6.07, 6.45) is 0.00329. The normalized spacial score (nSPS) is 11.9. The molecule has 1 unspecified atom stereocenters. The van der Waals surface area contributed by atoms with E-state index >= 15 is 0 Å². The molecule has 1 N–H and O–H groups in total. The van der Waals surface area contributed by atoms with Gasteiger partial charge in [0.25, 0.3) is 0 Å². The zero-order valence-corrected chi connectivity index (χ0v) is 13.0. The first-order chi connectivity index (χ1) is 9.16. The van der Waals surface area contributed by atoms with E-state index in [9.17, 15) is 14.4 Å². The molecule has 0 aromatic heterocycles. The van der Waals surface area contributed by atoms with Crippen molar-refractivity contribution in [1.29, 1.82) is 0 Å². The molecule has 6 heteroatoms. The second kappa shape index (κ2) is 8.47. The first kappa shape index (κ1) is 18.3. The maximum absolute atomic E-state index is 12.1. The summed E-state index contributed by atoms with van der Waals surface area (Å²) in [5.41, 5.74) is 0.335. The first-order valence-corrected chi connectivity index (χ1v) is 6.51. The summed E-state index contributed by atoms with van der Waals surface area (Å²) in [6.45, 7) is 7.71. The second-order valence-corrected chi connectivity index (χ2v) is 5.21. The monoisotopic (exact) mass is 283 g/mol. The minimum atomic E-state index is -0.793. The van der Waals surface area contributed by atoms with Crippen molar-refractivity contribution in [3.63, 3.8) is 0 Å². The van der Waals surface area contributed by atoms with Gasteiger partial charge in [-0.3, -0.25) is 14.4 Å². The molecule has 0 aromatic rings. The second-order valence-electron chi connectivity index (χ2n) is 5.21. The number of carbonyl (C=O) groups is 3. The van der Waals surface area contributed by atoms with Gasteiger partial charge in [0.05, 0.1) is 0 Å². The Morgan fingerprint density at radius 1 is 1.15 bits per heavy atom. The molecule has 114 valence electrons. The van der Waals surface area contributed by atoms with Crippen LogP contribution in [-0.4, -0.2) is 67.7 Å². The van der Waals surface area contributed by atoms with Crippen molar-refractivity contribution in [2.75, 3.05) is 34.2 Å². The fourth-order valence-corrected chi connectivity index (χ4v) is 1.64. The lowest BCUT2D eigenvalue weighted by Crippen LogP contribution is -2.49. The van der Waals surface area contributed by atoms with Crippen LogP contribution in [-0.2, 0) is 14.4 Å². The van der Waals surface area contributed by atoms with E-state index in [-0.39, 0.29) is 24.0 Å². The molecule has 0 rings (SSSR count). The van der Waals surface area contributed by atoms with Crippen molar-refractivity contribution in [2.24, 2.45) is 0 Å². The Hall–Kier alpha value is -1.69. The molecule has 0 radical (unpaired) electrons. The lowest BCUT2D eigenvalue weighted by atomic mass is 10.1. The van der Waals surface area contributed by atoms with Gasteiger partial charge in [-0.25, -0.2) is 0 Å². The first-order valence-electron chi connectivity index (χ1n) is 6.51. The molecule has 1 atom stereocenters. The maximum atomic E-state index is 12.1. The summed E-state index contributed by atoms with van der Waals surface area (Å²) in [7, 11) is 5.31. The minimum absolute atomic E-state index is 0.00329. The molecule has 0 saturated carbocycles. The van der Waals surface area contributed by atoms with Crippen LogP contribution in [0.4, 0.5) is 0 Å². The summed E-state index contributed by atoms with van der Waals surface area (Å²) in [4.78, 5) is 38.5. The Labute approximate surface area is 120 Å². The van der Waals surface area contributed by atoms with Crippen LogP contribution in [0.1, 0.15) is 20.3 Å². The van der Waals surface area contributed by atoms with Gasteiger partial charge in [-0.2, -0.15) is 0 Å².